The maximum absolute atomic E-state index is 13.3. The SMILES string of the molecule is CNC(c1cc(F)cc(F)c1)c1ncccc1OC. The molecule has 0 aliphatic heterocycles. The second-order valence-electron chi connectivity index (χ2n) is 4.02. The van der Waals surface area contributed by atoms with Crippen molar-refractivity contribution in [2.75, 3.05) is 14.2 Å². The highest BCUT2D eigenvalue weighted by Gasteiger charge is 2.19. The van der Waals surface area contributed by atoms with E-state index in [1.54, 1.807) is 25.4 Å². The van der Waals surface area contributed by atoms with Crippen LogP contribution in [0.3, 0.4) is 0 Å². The third kappa shape index (κ3) is 2.88. The van der Waals surface area contributed by atoms with Gasteiger partial charge in [-0.1, -0.05) is 0 Å². The Balaban J connectivity index is 2.49. The lowest BCUT2D eigenvalue weighted by atomic mass is 10.0. The second kappa shape index (κ2) is 5.75. The number of hydrogen-bond donors (Lipinski definition) is 1. The van der Waals surface area contributed by atoms with Crippen LogP contribution in [0, 0.1) is 11.6 Å². The van der Waals surface area contributed by atoms with E-state index in [0.29, 0.717) is 17.0 Å². The number of methoxy groups -OCH3 is 1. The van der Waals surface area contributed by atoms with Gasteiger partial charge in [0.1, 0.15) is 23.1 Å². The molecule has 3 nitrogen and oxygen atoms in total. The average molecular weight is 264 g/mol. The Kier molecular flexibility index (Phi) is 4.06. The summed E-state index contributed by atoms with van der Waals surface area (Å²) in [5, 5.41) is 2.99. The van der Waals surface area contributed by atoms with E-state index in [4.69, 9.17) is 4.74 Å². The number of halogens is 2. The van der Waals surface area contributed by atoms with Gasteiger partial charge in [0.2, 0.25) is 0 Å². The van der Waals surface area contributed by atoms with Crippen molar-refractivity contribution in [3.8, 4) is 5.75 Å². The number of hydrogen-bond acceptors (Lipinski definition) is 3. The molecular weight excluding hydrogens is 250 g/mol. The van der Waals surface area contributed by atoms with Crippen molar-refractivity contribution in [3.05, 3.63) is 59.4 Å². The molecule has 0 saturated carbocycles. The summed E-state index contributed by atoms with van der Waals surface area (Å²) in [7, 11) is 3.22. The highest BCUT2D eigenvalue weighted by molar-refractivity contribution is 5.37. The molecule has 0 fully saturated rings. The quantitative estimate of drug-likeness (QED) is 0.922. The van der Waals surface area contributed by atoms with Gasteiger partial charge < -0.3 is 10.1 Å². The minimum atomic E-state index is -0.620. The highest BCUT2D eigenvalue weighted by Crippen LogP contribution is 2.28. The van der Waals surface area contributed by atoms with Crippen LogP contribution in [0.25, 0.3) is 0 Å². The van der Waals surface area contributed by atoms with E-state index < -0.39 is 17.7 Å². The van der Waals surface area contributed by atoms with Crippen molar-refractivity contribution >= 4 is 0 Å². The molecule has 0 spiro atoms. The maximum Gasteiger partial charge on any atom is 0.142 e. The van der Waals surface area contributed by atoms with Gasteiger partial charge in [-0.05, 0) is 36.9 Å². The lowest BCUT2D eigenvalue weighted by molar-refractivity contribution is 0.401. The molecule has 1 atom stereocenters. The van der Waals surface area contributed by atoms with Gasteiger partial charge in [0.05, 0.1) is 13.2 Å². The van der Waals surface area contributed by atoms with Gasteiger partial charge in [0.15, 0.2) is 0 Å². The van der Waals surface area contributed by atoms with Crippen LogP contribution in [0.5, 0.6) is 5.75 Å². The first-order valence-electron chi connectivity index (χ1n) is 5.78. The summed E-state index contributed by atoms with van der Waals surface area (Å²) >= 11 is 0. The Labute approximate surface area is 110 Å². The van der Waals surface area contributed by atoms with E-state index in [1.165, 1.54) is 19.2 Å². The van der Waals surface area contributed by atoms with Crippen LogP contribution in [0.15, 0.2) is 36.5 Å². The standard InChI is InChI=1S/C14H14F2N2O/c1-17-13(9-6-10(15)8-11(16)7-9)14-12(19-2)4-3-5-18-14/h3-8,13,17H,1-2H3. The number of rotatable bonds is 4. The summed E-state index contributed by atoms with van der Waals surface area (Å²) < 4.78 is 31.8. The minimum absolute atomic E-state index is 0.443. The zero-order valence-electron chi connectivity index (χ0n) is 10.7. The number of ether oxygens (including phenoxy) is 1. The molecule has 1 N–H and O–H groups in total. The molecule has 1 heterocycles. The van der Waals surface area contributed by atoms with E-state index in [2.05, 4.69) is 10.3 Å². The summed E-state index contributed by atoms with van der Waals surface area (Å²) in [6, 6.07) is 6.44. The molecule has 0 aliphatic carbocycles. The second-order valence-corrected chi connectivity index (χ2v) is 4.02. The molecule has 19 heavy (non-hydrogen) atoms. The summed E-state index contributed by atoms with van der Waals surface area (Å²) in [5.41, 5.74) is 1.04. The predicted molar refractivity (Wildman–Crippen MR) is 68.0 cm³/mol. The summed E-state index contributed by atoms with van der Waals surface area (Å²) in [4.78, 5) is 4.22. The Morgan fingerprint density at radius 1 is 1.21 bits per heavy atom. The van der Waals surface area contributed by atoms with Gasteiger partial charge in [-0.25, -0.2) is 8.78 Å². The zero-order valence-corrected chi connectivity index (χ0v) is 10.7. The third-order valence-corrected chi connectivity index (χ3v) is 2.80. The number of nitrogens with zero attached hydrogens (tertiary/aromatic N) is 1. The Hall–Kier alpha value is -2.01. The predicted octanol–water partition coefficient (Wildman–Crippen LogP) is 2.68. The summed E-state index contributed by atoms with van der Waals surface area (Å²) in [6.07, 6.45) is 1.61. The molecule has 0 saturated heterocycles. The van der Waals surface area contributed by atoms with Crippen molar-refractivity contribution in [2.45, 2.75) is 6.04 Å². The first-order valence-corrected chi connectivity index (χ1v) is 5.78. The van der Waals surface area contributed by atoms with Gasteiger partial charge >= 0.3 is 0 Å². The molecular formula is C14H14F2N2O. The van der Waals surface area contributed by atoms with Crippen LogP contribution in [0.1, 0.15) is 17.3 Å². The fourth-order valence-electron chi connectivity index (χ4n) is 2.00. The summed E-state index contributed by atoms with van der Waals surface area (Å²) in [6.45, 7) is 0. The van der Waals surface area contributed by atoms with Crippen LogP contribution in [0.4, 0.5) is 8.78 Å². The van der Waals surface area contributed by atoms with Gasteiger partial charge in [-0.3, -0.25) is 4.98 Å². The lowest BCUT2D eigenvalue weighted by Gasteiger charge is -2.18. The van der Waals surface area contributed by atoms with E-state index in [-0.39, 0.29) is 0 Å². The average Bonchev–Trinajstić information content (AvgIpc) is 2.39. The topological polar surface area (TPSA) is 34.2 Å². The largest absolute Gasteiger partial charge is 0.495 e. The molecule has 1 aromatic carbocycles. The van der Waals surface area contributed by atoms with Crippen LogP contribution in [-0.2, 0) is 0 Å². The Morgan fingerprint density at radius 3 is 2.47 bits per heavy atom. The van der Waals surface area contributed by atoms with Crippen molar-refractivity contribution < 1.29 is 13.5 Å². The summed E-state index contributed by atoms with van der Waals surface area (Å²) in [5.74, 6) is -0.679. The van der Waals surface area contributed by atoms with Crippen molar-refractivity contribution in [1.82, 2.24) is 10.3 Å². The van der Waals surface area contributed by atoms with E-state index >= 15 is 0 Å². The first kappa shape index (κ1) is 13.4. The molecule has 5 heteroatoms. The smallest absolute Gasteiger partial charge is 0.142 e. The number of benzene rings is 1. The molecule has 2 rings (SSSR count). The Bertz CT molecular complexity index is 555. The van der Waals surface area contributed by atoms with E-state index in [0.717, 1.165) is 6.07 Å². The fourth-order valence-corrected chi connectivity index (χ4v) is 2.00. The van der Waals surface area contributed by atoms with Crippen molar-refractivity contribution in [1.29, 1.82) is 0 Å². The third-order valence-electron chi connectivity index (χ3n) is 2.80. The van der Waals surface area contributed by atoms with Crippen LogP contribution >= 0.6 is 0 Å². The molecule has 0 bridgehead atoms. The monoisotopic (exact) mass is 264 g/mol. The molecule has 0 radical (unpaired) electrons. The Morgan fingerprint density at radius 2 is 1.89 bits per heavy atom. The van der Waals surface area contributed by atoms with Gasteiger partial charge in [0, 0.05) is 12.3 Å². The van der Waals surface area contributed by atoms with Crippen molar-refractivity contribution in [2.24, 2.45) is 0 Å². The lowest BCUT2D eigenvalue weighted by Crippen LogP contribution is -2.20. The molecule has 0 aliphatic rings. The van der Waals surface area contributed by atoms with E-state index in [1.807, 2.05) is 0 Å². The fraction of sp³-hybridized carbons (Fsp3) is 0.214. The van der Waals surface area contributed by atoms with Crippen LogP contribution in [0.2, 0.25) is 0 Å². The molecule has 100 valence electrons. The van der Waals surface area contributed by atoms with Crippen molar-refractivity contribution in [3.63, 3.8) is 0 Å². The minimum Gasteiger partial charge on any atom is -0.495 e. The highest BCUT2D eigenvalue weighted by atomic mass is 19.1. The molecule has 1 unspecified atom stereocenters. The van der Waals surface area contributed by atoms with Gasteiger partial charge in [-0.2, -0.15) is 0 Å². The molecule has 0 amide bonds. The normalized spacial score (nSPS) is 12.2. The van der Waals surface area contributed by atoms with Gasteiger partial charge in [0.25, 0.3) is 0 Å². The molecule has 2 aromatic rings. The van der Waals surface area contributed by atoms with Crippen LogP contribution < -0.4 is 10.1 Å². The zero-order chi connectivity index (χ0) is 13.8. The maximum atomic E-state index is 13.3. The molecule has 1 aromatic heterocycles. The first-order chi connectivity index (χ1) is 9.15. The number of pyridine rings is 1. The van der Waals surface area contributed by atoms with E-state index in [9.17, 15) is 8.78 Å². The number of nitrogens with one attached hydrogen (secondary N) is 1. The van der Waals surface area contributed by atoms with Gasteiger partial charge in [-0.15, -0.1) is 0 Å². The number of aromatic nitrogens is 1. The van der Waals surface area contributed by atoms with Crippen LogP contribution in [-0.4, -0.2) is 19.1 Å².